The van der Waals surface area contributed by atoms with E-state index in [0.717, 1.165) is 11.6 Å². The van der Waals surface area contributed by atoms with E-state index in [-0.39, 0.29) is 17.0 Å². The molecule has 9 heteroatoms. The SMILES string of the molecule is C=CCNS(=O)(=O)c1ccc(NCCc2ccc(OC)c(OC)c2)c(C(=O)O)c1. The Morgan fingerprint density at radius 2 is 1.86 bits per heavy atom. The smallest absolute Gasteiger partial charge is 0.337 e. The lowest BCUT2D eigenvalue weighted by Crippen LogP contribution is -2.24. The number of hydrogen-bond donors (Lipinski definition) is 3. The molecule has 2 aromatic carbocycles. The Hall–Kier alpha value is -3.04. The molecule has 0 fully saturated rings. The molecule has 0 saturated heterocycles. The van der Waals surface area contributed by atoms with Gasteiger partial charge in [-0.05, 0) is 42.3 Å². The van der Waals surface area contributed by atoms with Crippen molar-refractivity contribution >= 4 is 21.7 Å². The molecule has 0 spiro atoms. The molecule has 0 aromatic heterocycles. The largest absolute Gasteiger partial charge is 0.493 e. The number of carboxylic acids is 1. The van der Waals surface area contributed by atoms with E-state index in [1.807, 2.05) is 12.1 Å². The Labute approximate surface area is 170 Å². The summed E-state index contributed by atoms with van der Waals surface area (Å²) in [5.41, 5.74) is 1.18. The fraction of sp³-hybridized carbons (Fsp3) is 0.250. The van der Waals surface area contributed by atoms with Crippen LogP contribution >= 0.6 is 0 Å². The molecule has 2 rings (SSSR count). The predicted molar refractivity (Wildman–Crippen MR) is 111 cm³/mol. The normalized spacial score (nSPS) is 11.0. The summed E-state index contributed by atoms with van der Waals surface area (Å²) in [4.78, 5) is 11.5. The number of methoxy groups -OCH3 is 2. The summed E-state index contributed by atoms with van der Waals surface area (Å²) in [7, 11) is -0.698. The quantitative estimate of drug-likeness (QED) is 0.479. The maximum absolute atomic E-state index is 12.2. The monoisotopic (exact) mass is 420 g/mol. The third kappa shape index (κ3) is 5.72. The molecule has 0 unspecified atom stereocenters. The van der Waals surface area contributed by atoms with E-state index in [1.54, 1.807) is 20.3 Å². The number of benzene rings is 2. The van der Waals surface area contributed by atoms with E-state index in [0.29, 0.717) is 30.2 Å². The summed E-state index contributed by atoms with van der Waals surface area (Å²) in [5.74, 6) is 0.0106. The molecule has 0 atom stereocenters. The standard InChI is InChI=1S/C20H24N2O6S/c1-4-10-22-29(25,26)15-6-7-17(16(13-15)20(23)24)21-11-9-14-5-8-18(27-2)19(12-14)28-3/h4-8,12-13,21-22H,1,9-11H2,2-3H3,(H,23,24). The van der Waals surface area contributed by atoms with Crippen molar-refractivity contribution in [3.8, 4) is 11.5 Å². The van der Waals surface area contributed by atoms with Crippen LogP contribution < -0.4 is 19.5 Å². The van der Waals surface area contributed by atoms with Gasteiger partial charge >= 0.3 is 5.97 Å². The average Bonchev–Trinajstić information content (AvgIpc) is 2.72. The number of carboxylic acid groups (broad SMARTS) is 1. The van der Waals surface area contributed by atoms with Crippen LogP contribution in [0.4, 0.5) is 5.69 Å². The van der Waals surface area contributed by atoms with Gasteiger partial charge in [-0.25, -0.2) is 17.9 Å². The number of carbonyl (C=O) groups is 1. The van der Waals surface area contributed by atoms with E-state index in [4.69, 9.17) is 9.47 Å². The van der Waals surface area contributed by atoms with Crippen LogP contribution in [0.5, 0.6) is 11.5 Å². The Bertz CT molecular complexity index is 988. The summed E-state index contributed by atoms with van der Waals surface area (Å²) in [6.07, 6.45) is 2.00. The molecule has 0 amide bonds. The van der Waals surface area contributed by atoms with Gasteiger partial charge in [0.05, 0.1) is 24.7 Å². The topological polar surface area (TPSA) is 114 Å². The summed E-state index contributed by atoms with van der Waals surface area (Å²) in [6, 6.07) is 9.47. The fourth-order valence-corrected chi connectivity index (χ4v) is 3.68. The second-order valence-electron chi connectivity index (χ2n) is 6.02. The highest BCUT2D eigenvalue weighted by Crippen LogP contribution is 2.28. The Morgan fingerprint density at radius 3 is 2.48 bits per heavy atom. The molecule has 8 nitrogen and oxygen atoms in total. The third-order valence-electron chi connectivity index (χ3n) is 4.13. The van der Waals surface area contributed by atoms with Crippen molar-refractivity contribution in [3.63, 3.8) is 0 Å². The molecule has 0 aliphatic rings. The zero-order chi connectivity index (χ0) is 21.4. The molecule has 0 saturated carbocycles. The Kier molecular flexibility index (Phi) is 7.63. The van der Waals surface area contributed by atoms with E-state index in [9.17, 15) is 18.3 Å². The van der Waals surface area contributed by atoms with E-state index >= 15 is 0 Å². The molecule has 0 bridgehead atoms. The number of nitrogens with one attached hydrogen (secondary N) is 2. The molecule has 3 N–H and O–H groups in total. The number of sulfonamides is 1. The molecule has 0 radical (unpaired) electrons. The average molecular weight is 420 g/mol. The van der Waals surface area contributed by atoms with Crippen LogP contribution in [-0.2, 0) is 16.4 Å². The first-order valence-corrected chi connectivity index (χ1v) is 10.2. The van der Waals surface area contributed by atoms with Gasteiger partial charge in [0.2, 0.25) is 10.0 Å². The fourth-order valence-electron chi connectivity index (χ4n) is 2.65. The van der Waals surface area contributed by atoms with Crippen LogP contribution in [0.15, 0.2) is 53.9 Å². The molecule has 0 aliphatic carbocycles. The van der Waals surface area contributed by atoms with Crippen molar-refractivity contribution in [2.45, 2.75) is 11.3 Å². The number of rotatable bonds is 11. The second-order valence-corrected chi connectivity index (χ2v) is 7.79. The van der Waals surface area contributed by atoms with Crippen LogP contribution in [0.1, 0.15) is 15.9 Å². The van der Waals surface area contributed by atoms with Gasteiger partial charge in [-0.15, -0.1) is 6.58 Å². The van der Waals surface area contributed by atoms with Crippen molar-refractivity contribution in [2.75, 3.05) is 32.6 Å². The molecular weight excluding hydrogens is 396 g/mol. The zero-order valence-electron chi connectivity index (χ0n) is 16.3. The van der Waals surface area contributed by atoms with Crippen molar-refractivity contribution in [1.82, 2.24) is 4.72 Å². The van der Waals surface area contributed by atoms with E-state index in [1.165, 1.54) is 18.2 Å². The summed E-state index contributed by atoms with van der Waals surface area (Å²) < 4.78 is 37.2. The molecule has 156 valence electrons. The molecule has 0 aliphatic heterocycles. The van der Waals surface area contributed by atoms with Crippen molar-refractivity contribution in [2.24, 2.45) is 0 Å². The van der Waals surface area contributed by atoms with Crippen molar-refractivity contribution in [3.05, 3.63) is 60.2 Å². The highest BCUT2D eigenvalue weighted by molar-refractivity contribution is 7.89. The summed E-state index contributed by atoms with van der Waals surface area (Å²) in [5, 5.41) is 12.5. The van der Waals surface area contributed by atoms with Gasteiger partial charge in [0.1, 0.15) is 0 Å². The highest BCUT2D eigenvalue weighted by Gasteiger charge is 2.18. The number of anilines is 1. The third-order valence-corrected chi connectivity index (χ3v) is 5.55. The summed E-state index contributed by atoms with van der Waals surface area (Å²) in [6.45, 7) is 3.94. The van der Waals surface area contributed by atoms with Crippen LogP contribution in [-0.4, -0.2) is 46.8 Å². The predicted octanol–water partition coefficient (Wildman–Crippen LogP) is 2.52. The van der Waals surface area contributed by atoms with Crippen molar-refractivity contribution in [1.29, 1.82) is 0 Å². The Morgan fingerprint density at radius 1 is 1.14 bits per heavy atom. The van der Waals surface area contributed by atoms with Gasteiger partial charge in [-0.1, -0.05) is 12.1 Å². The van der Waals surface area contributed by atoms with Crippen LogP contribution in [0.25, 0.3) is 0 Å². The van der Waals surface area contributed by atoms with Crippen LogP contribution in [0.2, 0.25) is 0 Å². The van der Waals surface area contributed by atoms with Gasteiger partial charge in [0.15, 0.2) is 11.5 Å². The minimum absolute atomic E-state index is 0.0516. The van der Waals surface area contributed by atoms with E-state index < -0.39 is 16.0 Å². The number of hydrogen-bond acceptors (Lipinski definition) is 6. The summed E-state index contributed by atoms with van der Waals surface area (Å²) >= 11 is 0. The molecule has 0 heterocycles. The lowest BCUT2D eigenvalue weighted by Gasteiger charge is -2.13. The van der Waals surface area contributed by atoms with Crippen molar-refractivity contribution < 1.29 is 27.8 Å². The van der Waals surface area contributed by atoms with Gasteiger partial charge in [-0.3, -0.25) is 0 Å². The van der Waals surface area contributed by atoms with Gasteiger partial charge in [0, 0.05) is 18.8 Å². The van der Waals surface area contributed by atoms with Crippen LogP contribution in [0, 0.1) is 0 Å². The minimum Gasteiger partial charge on any atom is -0.493 e. The highest BCUT2D eigenvalue weighted by atomic mass is 32.2. The van der Waals surface area contributed by atoms with Gasteiger partial charge < -0.3 is 19.9 Å². The number of aromatic carboxylic acids is 1. The first kappa shape index (κ1) is 22.3. The zero-order valence-corrected chi connectivity index (χ0v) is 17.1. The minimum atomic E-state index is -3.81. The lowest BCUT2D eigenvalue weighted by molar-refractivity contribution is 0.0697. The lowest BCUT2D eigenvalue weighted by atomic mass is 10.1. The van der Waals surface area contributed by atoms with E-state index in [2.05, 4.69) is 16.6 Å². The first-order chi connectivity index (χ1) is 13.8. The van der Waals surface area contributed by atoms with Gasteiger partial charge in [-0.2, -0.15) is 0 Å². The molecular formula is C20H24N2O6S. The Balaban J connectivity index is 2.14. The van der Waals surface area contributed by atoms with Gasteiger partial charge in [0.25, 0.3) is 0 Å². The van der Waals surface area contributed by atoms with Crippen LogP contribution in [0.3, 0.4) is 0 Å². The first-order valence-electron chi connectivity index (χ1n) is 8.75. The maximum atomic E-state index is 12.2. The second kappa shape index (κ2) is 9.94. The molecule has 29 heavy (non-hydrogen) atoms. The maximum Gasteiger partial charge on any atom is 0.337 e. The molecule has 2 aromatic rings. The number of ether oxygens (including phenoxy) is 2.